The monoisotopic (exact) mass is 503 g/mol. The Balaban J connectivity index is 1.04. The van der Waals surface area contributed by atoms with Gasteiger partial charge in [0.15, 0.2) is 0 Å². The first-order chi connectivity index (χ1) is 18.8. The van der Waals surface area contributed by atoms with Crippen LogP contribution in [0, 0.1) is 0 Å². The minimum Gasteiger partial charge on any atom is -0.368 e. The van der Waals surface area contributed by atoms with E-state index in [0.717, 1.165) is 57.6 Å². The number of carbonyl (C=O) groups excluding carboxylic acids is 1. The van der Waals surface area contributed by atoms with E-state index in [0.29, 0.717) is 12.3 Å². The average molecular weight is 504 g/mol. The second kappa shape index (κ2) is 9.84. The predicted molar refractivity (Wildman–Crippen MR) is 152 cm³/mol. The maximum absolute atomic E-state index is 13.5. The van der Waals surface area contributed by atoms with E-state index < -0.39 is 0 Å². The molecule has 0 spiro atoms. The number of piperazine rings is 1. The molecule has 0 saturated carbocycles. The van der Waals surface area contributed by atoms with E-state index in [-0.39, 0.29) is 11.8 Å². The summed E-state index contributed by atoms with van der Waals surface area (Å²) < 4.78 is 0. The van der Waals surface area contributed by atoms with Gasteiger partial charge in [0.2, 0.25) is 5.91 Å². The molecule has 1 N–H and O–H groups in total. The van der Waals surface area contributed by atoms with Crippen molar-refractivity contribution < 1.29 is 4.79 Å². The molecule has 192 valence electrons. The number of amides is 1. The molecular formula is C32H33N5O. The Morgan fingerprint density at radius 3 is 2.24 bits per heavy atom. The van der Waals surface area contributed by atoms with E-state index >= 15 is 0 Å². The zero-order valence-electron chi connectivity index (χ0n) is 21.6. The number of carbonyl (C=O) groups is 1. The van der Waals surface area contributed by atoms with Gasteiger partial charge in [0.1, 0.15) is 6.33 Å². The predicted octanol–water partition coefficient (Wildman–Crippen LogP) is 4.95. The third-order valence-corrected chi connectivity index (χ3v) is 8.72. The summed E-state index contributed by atoms with van der Waals surface area (Å²) in [5.74, 6) is 0.891. The summed E-state index contributed by atoms with van der Waals surface area (Å²) in [6, 6.07) is 23.7. The second-order valence-electron chi connectivity index (χ2n) is 10.8. The minimum absolute atomic E-state index is 0.141. The first-order valence-electron chi connectivity index (χ1n) is 13.9. The summed E-state index contributed by atoms with van der Waals surface area (Å²) >= 11 is 0. The first kappa shape index (κ1) is 23.4. The summed E-state index contributed by atoms with van der Waals surface area (Å²) in [4.78, 5) is 27.2. The molecule has 38 heavy (non-hydrogen) atoms. The van der Waals surface area contributed by atoms with Gasteiger partial charge in [-0.2, -0.15) is 0 Å². The van der Waals surface area contributed by atoms with Crippen LogP contribution in [-0.4, -0.2) is 60.0 Å². The van der Waals surface area contributed by atoms with Crippen molar-refractivity contribution in [1.82, 2.24) is 20.2 Å². The van der Waals surface area contributed by atoms with Crippen LogP contribution >= 0.6 is 0 Å². The van der Waals surface area contributed by atoms with Crippen LogP contribution in [0.25, 0.3) is 22.0 Å². The van der Waals surface area contributed by atoms with Crippen molar-refractivity contribution >= 4 is 22.5 Å². The van der Waals surface area contributed by atoms with Crippen LogP contribution in [0.2, 0.25) is 0 Å². The number of fused-ring (bicyclic) bond motifs is 4. The average Bonchev–Trinajstić information content (AvgIpc) is 3.30. The fourth-order valence-electron chi connectivity index (χ4n) is 6.68. The van der Waals surface area contributed by atoms with Gasteiger partial charge in [0.05, 0.1) is 11.2 Å². The molecule has 1 amide bonds. The van der Waals surface area contributed by atoms with Crippen molar-refractivity contribution in [2.24, 2.45) is 0 Å². The zero-order chi connectivity index (χ0) is 25.5. The molecule has 7 rings (SSSR count). The van der Waals surface area contributed by atoms with Crippen LogP contribution in [0.5, 0.6) is 0 Å². The van der Waals surface area contributed by atoms with Crippen LogP contribution in [0.15, 0.2) is 73.1 Å². The van der Waals surface area contributed by atoms with Crippen LogP contribution in [0.4, 0.5) is 5.69 Å². The lowest BCUT2D eigenvalue weighted by Crippen LogP contribution is -2.49. The normalized spacial score (nSPS) is 18.0. The minimum atomic E-state index is 0.141. The van der Waals surface area contributed by atoms with Gasteiger partial charge in [0, 0.05) is 55.5 Å². The van der Waals surface area contributed by atoms with Crippen LogP contribution < -0.4 is 10.2 Å². The lowest BCUT2D eigenvalue weighted by atomic mass is 9.92. The molecule has 3 aromatic carbocycles. The number of hydrogen-bond acceptors (Lipinski definition) is 5. The van der Waals surface area contributed by atoms with Gasteiger partial charge in [-0.1, -0.05) is 48.5 Å². The molecule has 6 heteroatoms. The fourth-order valence-corrected chi connectivity index (χ4v) is 6.68. The lowest BCUT2D eigenvalue weighted by molar-refractivity contribution is -0.131. The van der Waals surface area contributed by atoms with Crippen LogP contribution in [0.1, 0.15) is 47.9 Å². The summed E-state index contributed by atoms with van der Waals surface area (Å²) in [7, 11) is 0. The molecule has 2 fully saturated rings. The highest BCUT2D eigenvalue weighted by molar-refractivity contribution is 5.86. The number of anilines is 1. The smallest absolute Gasteiger partial charge is 0.223 e. The molecule has 0 bridgehead atoms. The highest BCUT2D eigenvalue weighted by Crippen LogP contribution is 2.46. The summed E-state index contributed by atoms with van der Waals surface area (Å²) in [6.07, 6.45) is 4.50. The number of nitrogens with one attached hydrogen (secondary N) is 1. The Hall–Kier alpha value is -3.77. The van der Waals surface area contributed by atoms with Crippen LogP contribution in [-0.2, 0) is 4.79 Å². The van der Waals surface area contributed by atoms with Gasteiger partial charge in [-0.15, -0.1) is 0 Å². The fraction of sp³-hybridized carbons (Fsp3) is 0.344. The Morgan fingerprint density at radius 1 is 0.842 bits per heavy atom. The van der Waals surface area contributed by atoms with Crippen molar-refractivity contribution in [2.45, 2.75) is 31.1 Å². The van der Waals surface area contributed by atoms with Gasteiger partial charge < -0.3 is 15.1 Å². The molecule has 1 aliphatic carbocycles. The van der Waals surface area contributed by atoms with Crippen molar-refractivity contribution in [3.63, 3.8) is 0 Å². The number of benzene rings is 3. The highest BCUT2D eigenvalue weighted by Gasteiger charge is 2.32. The Kier molecular flexibility index (Phi) is 6.05. The number of piperidine rings is 1. The summed E-state index contributed by atoms with van der Waals surface area (Å²) in [5, 5.41) is 4.62. The first-order valence-corrected chi connectivity index (χ1v) is 13.9. The van der Waals surface area contributed by atoms with Crippen molar-refractivity contribution in [1.29, 1.82) is 0 Å². The van der Waals surface area contributed by atoms with Gasteiger partial charge in [-0.3, -0.25) is 4.79 Å². The summed E-state index contributed by atoms with van der Waals surface area (Å²) in [6.45, 7) is 5.27. The largest absolute Gasteiger partial charge is 0.368 e. The van der Waals surface area contributed by atoms with Gasteiger partial charge >= 0.3 is 0 Å². The number of nitrogens with zero attached hydrogens (tertiary/aromatic N) is 4. The molecule has 4 aromatic rings. The Labute approximate surface area is 223 Å². The van der Waals surface area contributed by atoms with Crippen molar-refractivity contribution in [3.8, 4) is 11.1 Å². The van der Waals surface area contributed by atoms with E-state index in [9.17, 15) is 4.79 Å². The second-order valence-corrected chi connectivity index (χ2v) is 10.8. The molecule has 6 nitrogen and oxygen atoms in total. The summed E-state index contributed by atoms with van der Waals surface area (Å²) in [5.41, 5.74) is 8.49. The molecule has 2 saturated heterocycles. The van der Waals surface area contributed by atoms with Crippen LogP contribution in [0.3, 0.4) is 0 Å². The molecule has 3 aliphatic rings. The molecule has 3 heterocycles. The molecule has 0 unspecified atom stereocenters. The number of hydrogen-bond donors (Lipinski definition) is 1. The third kappa shape index (κ3) is 4.13. The maximum Gasteiger partial charge on any atom is 0.223 e. The van der Waals surface area contributed by atoms with E-state index in [1.54, 1.807) is 6.33 Å². The number of aromatic nitrogens is 2. The lowest BCUT2D eigenvalue weighted by Gasteiger charge is -2.36. The SMILES string of the molecule is O=C(CC1c2ccccc2-c2ccccc21)N1CCN(c2ccc3c(C4CCNCC4)ncnc3c2)CC1. The Morgan fingerprint density at radius 2 is 1.53 bits per heavy atom. The van der Waals surface area contributed by atoms with E-state index in [4.69, 9.17) is 0 Å². The molecule has 0 atom stereocenters. The molecule has 2 aliphatic heterocycles. The topological polar surface area (TPSA) is 61.4 Å². The quantitative estimate of drug-likeness (QED) is 0.427. The zero-order valence-corrected chi connectivity index (χ0v) is 21.6. The van der Waals surface area contributed by atoms with Gasteiger partial charge in [0.25, 0.3) is 0 Å². The van der Waals surface area contributed by atoms with E-state index in [2.05, 4.69) is 91.8 Å². The van der Waals surface area contributed by atoms with Crippen molar-refractivity contribution in [3.05, 3.63) is 89.9 Å². The maximum atomic E-state index is 13.5. The standard InChI is InChI=1S/C32H33N5O/c38-31(20-29-26-7-3-1-5-24(26)25-6-2-4-8-27(25)29)37-17-15-36(16-18-37)23-9-10-28-30(19-23)34-21-35-32(28)22-11-13-33-14-12-22/h1-10,19,21-22,29,33H,11-18,20H2. The highest BCUT2D eigenvalue weighted by atomic mass is 16.2. The van der Waals surface area contributed by atoms with E-state index in [1.165, 1.54) is 39.0 Å². The molecular weight excluding hydrogens is 470 g/mol. The van der Waals surface area contributed by atoms with Gasteiger partial charge in [-0.25, -0.2) is 9.97 Å². The van der Waals surface area contributed by atoms with Crippen molar-refractivity contribution in [2.75, 3.05) is 44.2 Å². The van der Waals surface area contributed by atoms with E-state index in [1.807, 2.05) is 0 Å². The Bertz CT molecular complexity index is 1440. The molecule has 1 aromatic heterocycles. The third-order valence-electron chi connectivity index (χ3n) is 8.72. The van der Waals surface area contributed by atoms with Gasteiger partial charge in [-0.05, 0) is 66.4 Å². The molecule has 0 radical (unpaired) electrons. The number of rotatable bonds is 4.